The van der Waals surface area contributed by atoms with Crippen molar-refractivity contribution in [2.75, 3.05) is 6.54 Å². The molecule has 0 bridgehead atoms. The van der Waals surface area contributed by atoms with Crippen LogP contribution >= 0.6 is 11.6 Å². The summed E-state index contributed by atoms with van der Waals surface area (Å²) in [6.07, 6.45) is -2.55. The fourth-order valence-corrected chi connectivity index (χ4v) is 2.24. The maximum Gasteiger partial charge on any atom is 0.416 e. The van der Waals surface area contributed by atoms with Crippen LogP contribution in [-0.2, 0) is 11.6 Å². The van der Waals surface area contributed by atoms with Crippen LogP contribution in [0.15, 0.2) is 18.2 Å². The molecule has 5 heteroatoms. The molecule has 1 aliphatic carbocycles. The van der Waals surface area contributed by atoms with E-state index in [2.05, 4.69) is 0 Å². The molecule has 0 aromatic heterocycles. The van der Waals surface area contributed by atoms with E-state index < -0.39 is 11.7 Å². The SMILES string of the molecule is NCC1(c2ccc(C(F)(F)F)cc2Cl)CC1. The molecular formula is C11H11ClF3N. The summed E-state index contributed by atoms with van der Waals surface area (Å²) >= 11 is 5.88. The van der Waals surface area contributed by atoms with Gasteiger partial charge in [-0.1, -0.05) is 17.7 Å². The Morgan fingerprint density at radius 1 is 1.31 bits per heavy atom. The summed E-state index contributed by atoms with van der Waals surface area (Å²) in [7, 11) is 0. The third kappa shape index (κ3) is 1.92. The Kier molecular flexibility index (Phi) is 2.67. The second-order valence-corrected chi connectivity index (χ2v) is 4.58. The van der Waals surface area contributed by atoms with Gasteiger partial charge in [-0.2, -0.15) is 13.2 Å². The normalized spacial score (nSPS) is 18.6. The Bertz CT molecular complexity index is 410. The van der Waals surface area contributed by atoms with E-state index in [9.17, 15) is 13.2 Å². The van der Waals surface area contributed by atoms with Crippen molar-refractivity contribution < 1.29 is 13.2 Å². The molecule has 16 heavy (non-hydrogen) atoms. The van der Waals surface area contributed by atoms with Gasteiger partial charge in [0, 0.05) is 17.0 Å². The smallest absolute Gasteiger partial charge is 0.330 e. The standard InChI is InChI=1S/C11H11ClF3N/c12-9-5-7(11(13,14)15)1-2-8(9)10(6-16)3-4-10/h1-2,5H,3-4,6,16H2. The van der Waals surface area contributed by atoms with Crippen LogP contribution in [-0.4, -0.2) is 6.54 Å². The molecule has 0 amide bonds. The summed E-state index contributed by atoms with van der Waals surface area (Å²) in [6.45, 7) is 0.429. The molecule has 2 rings (SSSR count). The Hall–Kier alpha value is -0.740. The molecule has 1 nitrogen and oxygen atoms in total. The minimum atomic E-state index is -4.35. The van der Waals surface area contributed by atoms with Crippen LogP contribution in [0.3, 0.4) is 0 Å². The largest absolute Gasteiger partial charge is 0.416 e. The van der Waals surface area contributed by atoms with Gasteiger partial charge in [-0.25, -0.2) is 0 Å². The van der Waals surface area contributed by atoms with Gasteiger partial charge < -0.3 is 5.73 Å². The van der Waals surface area contributed by atoms with Crippen LogP contribution in [0.4, 0.5) is 13.2 Å². The van der Waals surface area contributed by atoms with Gasteiger partial charge in [-0.15, -0.1) is 0 Å². The molecule has 1 fully saturated rings. The quantitative estimate of drug-likeness (QED) is 0.855. The summed E-state index contributed by atoms with van der Waals surface area (Å²) in [4.78, 5) is 0. The van der Waals surface area contributed by atoms with Gasteiger partial charge in [0.15, 0.2) is 0 Å². The van der Waals surface area contributed by atoms with E-state index >= 15 is 0 Å². The van der Waals surface area contributed by atoms with Crippen molar-refractivity contribution >= 4 is 11.6 Å². The average molecular weight is 250 g/mol. The number of alkyl halides is 3. The fourth-order valence-electron chi connectivity index (χ4n) is 1.86. The van der Waals surface area contributed by atoms with Gasteiger partial charge in [-0.3, -0.25) is 0 Å². The van der Waals surface area contributed by atoms with Crippen LogP contribution in [0.25, 0.3) is 0 Å². The summed E-state index contributed by atoms with van der Waals surface area (Å²) in [6, 6.07) is 3.49. The third-order valence-corrected chi connectivity index (χ3v) is 3.42. The molecular weight excluding hydrogens is 239 g/mol. The molecule has 0 unspecified atom stereocenters. The molecule has 0 aliphatic heterocycles. The molecule has 2 N–H and O–H groups in total. The van der Waals surface area contributed by atoms with Crippen molar-refractivity contribution in [2.24, 2.45) is 5.73 Å². The second kappa shape index (κ2) is 3.64. The van der Waals surface area contributed by atoms with Crippen molar-refractivity contribution in [2.45, 2.75) is 24.4 Å². The predicted octanol–water partition coefficient (Wildman–Crippen LogP) is 3.35. The monoisotopic (exact) mass is 249 g/mol. The minimum Gasteiger partial charge on any atom is -0.330 e. The Morgan fingerprint density at radius 3 is 2.31 bits per heavy atom. The topological polar surface area (TPSA) is 26.0 Å². The maximum absolute atomic E-state index is 12.4. The number of benzene rings is 1. The van der Waals surface area contributed by atoms with E-state index in [4.69, 9.17) is 17.3 Å². The van der Waals surface area contributed by atoms with Gasteiger partial charge >= 0.3 is 6.18 Å². The lowest BCUT2D eigenvalue weighted by Gasteiger charge is -2.16. The number of halogens is 4. The van der Waals surface area contributed by atoms with Crippen molar-refractivity contribution in [1.29, 1.82) is 0 Å². The van der Waals surface area contributed by atoms with Crippen molar-refractivity contribution in [3.8, 4) is 0 Å². The lowest BCUT2D eigenvalue weighted by molar-refractivity contribution is -0.137. The number of hydrogen-bond donors (Lipinski definition) is 1. The van der Waals surface area contributed by atoms with Gasteiger partial charge in [0.25, 0.3) is 0 Å². The Balaban J connectivity index is 2.38. The summed E-state index contributed by atoms with van der Waals surface area (Å²) in [5.41, 5.74) is 5.46. The molecule has 1 aliphatic rings. The summed E-state index contributed by atoms with van der Waals surface area (Å²) < 4.78 is 37.2. The van der Waals surface area contributed by atoms with E-state index in [1.165, 1.54) is 6.07 Å². The molecule has 0 atom stereocenters. The fraction of sp³-hybridized carbons (Fsp3) is 0.455. The van der Waals surface area contributed by atoms with Crippen molar-refractivity contribution in [3.63, 3.8) is 0 Å². The van der Waals surface area contributed by atoms with Crippen LogP contribution in [0.1, 0.15) is 24.0 Å². The molecule has 0 heterocycles. The first kappa shape index (κ1) is 11.7. The lowest BCUT2D eigenvalue weighted by atomic mass is 9.95. The highest BCUT2D eigenvalue weighted by molar-refractivity contribution is 6.31. The van der Waals surface area contributed by atoms with Crippen LogP contribution in [0.5, 0.6) is 0 Å². The Labute approximate surface area is 96.4 Å². The highest BCUT2D eigenvalue weighted by atomic mass is 35.5. The number of hydrogen-bond acceptors (Lipinski definition) is 1. The molecule has 1 aromatic carbocycles. The van der Waals surface area contributed by atoms with Crippen LogP contribution in [0.2, 0.25) is 5.02 Å². The first-order valence-corrected chi connectivity index (χ1v) is 5.34. The summed E-state index contributed by atoms with van der Waals surface area (Å²) in [5, 5.41) is 0.165. The second-order valence-electron chi connectivity index (χ2n) is 4.18. The first-order valence-electron chi connectivity index (χ1n) is 4.96. The highest BCUT2D eigenvalue weighted by Crippen LogP contribution is 2.50. The first-order chi connectivity index (χ1) is 7.39. The molecule has 0 spiro atoms. The third-order valence-electron chi connectivity index (χ3n) is 3.11. The van der Waals surface area contributed by atoms with Gasteiger partial charge in [0.1, 0.15) is 0 Å². The summed E-state index contributed by atoms with van der Waals surface area (Å²) in [5.74, 6) is 0. The zero-order chi connectivity index (χ0) is 12.0. The molecule has 88 valence electrons. The number of nitrogens with two attached hydrogens (primary N) is 1. The van der Waals surface area contributed by atoms with Crippen LogP contribution in [0, 0.1) is 0 Å². The van der Waals surface area contributed by atoms with Crippen molar-refractivity contribution in [1.82, 2.24) is 0 Å². The van der Waals surface area contributed by atoms with E-state index in [0.29, 0.717) is 6.54 Å². The predicted molar refractivity (Wildman–Crippen MR) is 56.4 cm³/mol. The van der Waals surface area contributed by atoms with Crippen LogP contribution < -0.4 is 5.73 Å². The van der Waals surface area contributed by atoms with Crippen molar-refractivity contribution in [3.05, 3.63) is 34.3 Å². The van der Waals surface area contributed by atoms with E-state index in [1.54, 1.807) is 0 Å². The molecule has 1 saturated carbocycles. The van der Waals surface area contributed by atoms with Gasteiger partial charge in [0.2, 0.25) is 0 Å². The minimum absolute atomic E-state index is 0.165. The van der Waals surface area contributed by atoms with E-state index in [-0.39, 0.29) is 10.4 Å². The lowest BCUT2D eigenvalue weighted by Crippen LogP contribution is -2.20. The van der Waals surface area contributed by atoms with Gasteiger partial charge in [0.05, 0.1) is 5.56 Å². The van der Waals surface area contributed by atoms with E-state index in [0.717, 1.165) is 30.5 Å². The zero-order valence-corrected chi connectivity index (χ0v) is 9.20. The molecule has 1 aromatic rings. The van der Waals surface area contributed by atoms with E-state index in [1.807, 2.05) is 0 Å². The Morgan fingerprint density at radius 2 is 1.94 bits per heavy atom. The molecule has 0 saturated heterocycles. The highest BCUT2D eigenvalue weighted by Gasteiger charge is 2.44. The molecule has 0 radical (unpaired) electrons. The zero-order valence-electron chi connectivity index (χ0n) is 8.44. The average Bonchev–Trinajstić information content (AvgIpc) is 2.97. The number of rotatable bonds is 2. The van der Waals surface area contributed by atoms with Gasteiger partial charge in [-0.05, 0) is 30.5 Å². The maximum atomic E-state index is 12.4.